The number of carbonyl (C=O) groups excluding carboxylic acids is 3. The normalized spacial score (nSPS) is 10.6. The Kier molecular flexibility index (Phi) is 7.91. The van der Waals surface area contributed by atoms with E-state index >= 15 is 0 Å². The Labute approximate surface area is 204 Å². The van der Waals surface area contributed by atoms with E-state index in [0.717, 1.165) is 22.3 Å². The maximum Gasteiger partial charge on any atom is 0.308 e. The van der Waals surface area contributed by atoms with Gasteiger partial charge in [-0.2, -0.15) is 0 Å². The second kappa shape index (κ2) is 10.9. The van der Waals surface area contributed by atoms with Crippen molar-refractivity contribution in [3.05, 3.63) is 82.4 Å². The lowest BCUT2D eigenvalue weighted by atomic mass is 9.83. The number of para-hydroxylation sites is 1. The molecule has 0 aromatic heterocycles. The molecule has 182 valence electrons. The van der Waals surface area contributed by atoms with Crippen molar-refractivity contribution in [2.24, 2.45) is 0 Å². The zero-order chi connectivity index (χ0) is 25.7. The van der Waals surface area contributed by atoms with Gasteiger partial charge < -0.3 is 18.9 Å². The predicted molar refractivity (Wildman–Crippen MR) is 130 cm³/mol. The van der Waals surface area contributed by atoms with Crippen LogP contribution in [0.15, 0.2) is 54.6 Å². The van der Waals surface area contributed by atoms with Gasteiger partial charge in [-0.1, -0.05) is 36.4 Å². The second-order valence-corrected chi connectivity index (χ2v) is 8.14. The first kappa shape index (κ1) is 25.5. The maximum atomic E-state index is 12.0. The fourth-order valence-corrected chi connectivity index (χ4v) is 3.97. The summed E-state index contributed by atoms with van der Waals surface area (Å²) >= 11 is 0. The summed E-state index contributed by atoms with van der Waals surface area (Å²) in [6.45, 7) is 7.75. The van der Waals surface area contributed by atoms with Crippen molar-refractivity contribution in [2.45, 2.75) is 40.5 Å². The third-order valence-electron chi connectivity index (χ3n) is 5.36. The fourth-order valence-electron chi connectivity index (χ4n) is 3.97. The molecule has 35 heavy (non-hydrogen) atoms. The van der Waals surface area contributed by atoms with E-state index in [0.29, 0.717) is 28.6 Å². The standard InChI is InChI=1S/C28H28O7/c1-16-14-21(10-12-24(16)33-18(3)29)27(22-11-13-25(17(2)15-22)34-19(4)30)23-8-7-9-26(32-6)28(23)35-20(5)31/h7-15,27H,1-6H3. The zero-order valence-electron chi connectivity index (χ0n) is 20.6. The Bertz CT molecular complexity index is 1210. The minimum atomic E-state index is -0.475. The molecule has 3 aromatic rings. The molecule has 0 aliphatic carbocycles. The lowest BCUT2D eigenvalue weighted by molar-refractivity contribution is -0.132. The van der Waals surface area contributed by atoms with Crippen molar-refractivity contribution in [1.82, 2.24) is 0 Å². The summed E-state index contributed by atoms with van der Waals surface area (Å²) in [4.78, 5) is 34.9. The smallest absolute Gasteiger partial charge is 0.308 e. The van der Waals surface area contributed by atoms with Crippen LogP contribution in [0.25, 0.3) is 0 Å². The van der Waals surface area contributed by atoms with E-state index in [1.807, 2.05) is 50.2 Å². The predicted octanol–water partition coefficient (Wildman–Crippen LogP) is 5.27. The monoisotopic (exact) mass is 476 g/mol. The van der Waals surface area contributed by atoms with Gasteiger partial charge in [0.25, 0.3) is 0 Å². The molecule has 0 aliphatic rings. The van der Waals surface area contributed by atoms with Crippen LogP contribution < -0.4 is 18.9 Å². The summed E-state index contributed by atoms with van der Waals surface area (Å²) in [7, 11) is 1.51. The van der Waals surface area contributed by atoms with Crippen LogP contribution in [-0.4, -0.2) is 25.0 Å². The van der Waals surface area contributed by atoms with Crippen molar-refractivity contribution >= 4 is 17.9 Å². The van der Waals surface area contributed by atoms with Gasteiger partial charge in [0.05, 0.1) is 7.11 Å². The summed E-state index contributed by atoms with van der Waals surface area (Å²) in [6, 6.07) is 16.5. The molecule has 0 radical (unpaired) electrons. The molecule has 3 aromatic carbocycles. The first-order valence-corrected chi connectivity index (χ1v) is 11.0. The van der Waals surface area contributed by atoms with Crippen LogP contribution in [0.5, 0.6) is 23.0 Å². The minimum Gasteiger partial charge on any atom is -0.493 e. The van der Waals surface area contributed by atoms with Gasteiger partial charge in [-0.3, -0.25) is 14.4 Å². The van der Waals surface area contributed by atoms with E-state index in [1.165, 1.54) is 27.9 Å². The van der Waals surface area contributed by atoms with Gasteiger partial charge in [0.2, 0.25) is 0 Å². The molecule has 0 N–H and O–H groups in total. The van der Waals surface area contributed by atoms with Crippen LogP contribution in [0, 0.1) is 13.8 Å². The van der Waals surface area contributed by atoms with Crippen molar-refractivity contribution in [3.8, 4) is 23.0 Å². The largest absolute Gasteiger partial charge is 0.493 e. The van der Waals surface area contributed by atoms with E-state index in [-0.39, 0.29) is 5.92 Å². The Morgan fingerprint density at radius 1 is 0.657 bits per heavy atom. The number of carbonyl (C=O) groups is 3. The van der Waals surface area contributed by atoms with E-state index in [1.54, 1.807) is 18.2 Å². The van der Waals surface area contributed by atoms with Gasteiger partial charge in [-0.15, -0.1) is 0 Å². The zero-order valence-corrected chi connectivity index (χ0v) is 20.6. The molecule has 0 amide bonds. The third-order valence-corrected chi connectivity index (χ3v) is 5.36. The highest BCUT2D eigenvalue weighted by molar-refractivity contribution is 5.73. The van der Waals surface area contributed by atoms with Gasteiger partial charge >= 0.3 is 17.9 Å². The molecule has 0 saturated carbocycles. The molecule has 7 heteroatoms. The highest BCUT2D eigenvalue weighted by atomic mass is 16.6. The molecule has 0 saturated heterocycles. The van der Waals surface area contributed by atoms with Crippen LogP contribution in [0.1, 0.15) is 54.5 Å². The minimum absolute atomic E-state index is 0.316. The van der Waals surface area contributed by atoms with Crippen molar-refractivity contribution in [2.75, 3.05) is 7.11 Å². The van der Waals surface area contributed by atoms with Gasteiger partial charge in [0.15, 0.2) is 11.5 Å². The quantitative estimate of drug-likeness (QED) is 0.261. The maximum absolute atomic E-state index is 12.0. The fraction of sp³-hybridized carbons (Fsp3) is 0.250. The summed E-state index contributed by atoms with van der Waals surface area (Å²) in [5, 5.41) is 0. The molecule has 0 bridgehead atoms. The van der Waals surface area contributed by atoms with Crippen LogP contribution in [-0.2, 0) is 14.4 Å². The number of benzene rings is 3. The number of aryl methyl sites for hydroxylation is 2. The highest BCUT2D eigenvalue weighted by Crippen LogP contribution is 2.43. The Balaban J connectivity index is 2.25. The molecule has 0 fully saturated rings. The Morgan fingerprint density at radius 2 is 1.14 bits per heavy atom. The summed E-state index contributed by atoms with van der Waals surface area (Å²) < 4.78 is 21.7. The van der Waals surface area contributed by atoms with Crippen molar-refractivity contribution < 1.29 is 33.3 Å². The molecule has 0 atom stereocenters. The van der Waals surface area contributed by atoms with Gasteiger partial charge in [-0.05, 0) is 54.3 Å². The van der Waals surface area contributed by atoms with Crippen molar-refractivity contribution in [1.29, 1.82) is 0 Å². The van der Waals surface area contributed by atoms with Crippen LogP contribution in [0.4, 0.5) is 0 Å². The first-order valence-electron chi connectivity index (χ1n) is 11.0. The Hall–Kier alpha value is -4.13. The second-order valence-electron chi connectivity index (χ2n) is 8.14. The van der Waals surface area contributed by atoms with E-state index in [2.05, 4.69) is 0 Å². The van der Waals surface area contributed by atoms with Crippen LogP contribution in [0.2, 0.25) is 0 Å². The van der Waals surface area contributed by atoms with E-state index in [4.69, 9.17) is 18.9 Å². The first-order chi connectivity index (χ1) is 16.6. The van der Waals surface area contributed by atoms with E-state index in [9.17, 15) is 14.4 Å². The summed E-state index contributed by atoms with van der Waals surface area (Å²) in [5.74, 6) is 0.00421. The number of ether oxygens (including phenoxy) is 4. The number of rotatable bonds is 7. The lowest BCUT2D eigenvalue weighted by Gasteiger charge is -2.24. The molecular weight excluding hydrogens is 448 g/mol. The number of methoxy groups -OCH3 is 1. The van der Waals surface area contributed by atoms with E-state index < -0.39 is 17.9 Å². The molecule has 3 rings (SSSR count). The molecule has 0 heterocycles. The van der Waals surface area contributed by atoms with Gasteiger partial charge in [-0.25, -0.2) is 0 Å². The lowest BCUT2D eigenvalue weighted by Crippen LogP contribution is -2.11. The van der Waals surface area contributed by atoms with Crippen LogP contribution >= 0.6 is 0 Å². The average molecular weight is 477 g/mol. The summed E-state index contributed by atoms with van der Waals surface area (Å²) in [6.07, 6.45) is 0. The van der Waals surface area contributed by atoms with Gasteiger partial charge in [0, 0.05) is 32.3 Å². The Morgan fingerprint density at radius 3 is 1.54 bits per heavy atom. The number of hydrogen-bond donors (Lipinski definition) is 0. The SMILES string of the molecule is COc1cccc(C(c2ccc(OC(C)=O)c(C)c2)c2ccc(OC(C)=O)c(C)c2)c1OC(C)=O. The van der Waals surface area contributed by atoms with Crippen LogP contribution in [0.3, 0.4) is 0 Å². The summed E-state index contributed by atoms with van der Waals surface area (Å²) in [5.41, 5.74) is 4.00. The molecular formula is C28H28O7. The molecule has 0 spiro atoms. The number of hydrogen-bond acceptors (Lipinski definition) is 7. The molecule has 0 aliphatic heterocycles. The number of esters is 3. The van der Waals surface area contributed by atoms with Crippen molar-refractivity contribution in [3.63, 3.8) is 0 Å². The molecule has 0 unspecified atom stereocenters. The highest BCUT2D eigenvalue weighted by Gasteiger charge is 2.25. The average Bonchev–Trinajstić information content (AvgIpc) is 2.77. The molecule has 7 nitrogen and oxygen atoms in total. The third kappa shape index (κ3) is 6.06. The topological polar surface area (TPSA) is 88.1 Å². The van der Waals surface area contributed by atoms with Gasteiger partial charge in [0.1, 0.15) is 11.5 Å².